The van der Waals surface area contributed by atoms with Gasteiger partial charge in [-0.15, -0.1) is 0 Å². The number of fused-ring (bicyclic) bond motifs is 1. The summed E-state index contributed by atoms with van der Waals surface area (Å²) in [6, 6.07) is 12.7. The molecule has 0 spiro atoms. The molecule has 2 aromatic carbocycles. The van der Waals surface area contributed by atoms with Crippen LogP contribution in [0.2, 0.25) is 5.02 Å². The summed E-state index contributed by atoms with van der Waals surface area (Å²) >= 11 is 5.84. The lowest BCUT2D eigenvalue weighted by molar-refractivity contribution is 0.112. The molecule has 3 rings (SSSR count). The van der Waals surface area contributed by atoms with E-state index in [4.69, 9.17) is 16.0 Å². The van der Waals surface area contributed by atoms with Crippen molar-refractivity contribution in [3.05, 3.63) is 64.5 Å². The standard InChI is InChI=1S/C15H10ClNO2/c16-12-4-1-10(2-5-12)8-15-17-13-7-11(9-18)3-6-14(13)19-15/h1-7,9H,8H2. The normalized spacial score (nSPS) is 10.8. The summed E-state index contributed by atoms with van der Waals surface area (Å²) in [5.41, 5.74) is 3.06. The molecule has 3 aromatic rings. The van der Waals surface area contributed by atoms with Crippen LogP contribution in [-0.4, -0.2) is 11.3 Å². The molecule has 0 N–H and O–H groups in total. The summed E-state index contributed by atoms with van der Waals surface area (Å²) in [6.45, 7) is 0. The molecule has 0 fully saturated rings. The molecule has 1 aromatic heterocycles. The van der Waals surface area contributed by atoms with Gasteiger partial charge in [0.05, 0.1) is 0 Å². The molecule has 0 aliphatic heterocycles. The van der Waals surface area contributed by atoms with Gasteiger partial charge in [-0.1, -0.05) is 23.7 Å². The average molecular weight is 272 g/mol. The number of hydrogen-bond acceptors (Lipinski definition) is 3. The Bertz CT molecular complexity index is 731. The van der Waals surface area contributed by atoms with E-state index in [0.717, 1.165) is 11.8 Å². The van der Waals surface area contributed by atoms with Gasteiger partial charge < -0.3 is 4.42 Å². The van der Waals surface area contributed by atoms with Crippen molar-refractivity contribution in [1.82, 2.24) is 4.98 Å². The van der Waals surface area contributed by atoms with Crippen LogP contribution in [0.15, 0.2) is 46.9 Å². The third-order valence-corrected chi connectivity index (χ3v) is 3.11. The molecule has 4 heteroatoms. The summed E-state index contributed by atoms with van der Waals surface area (Å²) in [4.78, 5) is 15.1. The molecule has 0 unspecified atom stereocenters. The third kappa shape index (κ3) is 2.51. The molecule has 0 radical (unpaired) electrons. The monoisotopic (exact) mass is 271 g/mol. The van der Waals surface area contributed by atoms with Crippen LogP contribution in [0, 0.1) is 0 Å². The maximum Gasteiger partial charge on any atom is 0.199 e. The van der Waals surface area contributed by atoms with Crippen LogP contribution in [0.1, 0.15) is 21.8 Å². The Morgan fingerprint density at radius 1 is 1.16 bits per heavy atom. The fourth-order valence-corrected chi connectivity index (χ4v) is 2.04. The van der Waals surface area contributed by atoms with Crippen LogP contribution in [0.5, 0.6) is 0 Å². The lowest BCUT2D eigenvalue weighted by Crippen LogP contribution is -1.87. The zero-order valence-electron chi connectivity index (χ0n) is 9.97. The number of oxazole rings is 1. The first-order valence-electron chi connectivity index (χ1n) is 5.84. The number of nitrogens with zero attached hydrogens (tertiary/aromatic N) is 1. The zero-order valence-corrected chi connectivity index (χ0v) is 10.7. The van der Waals surface area contributed by atoms with Crippen molar-refractivity contribution in [2.75, 3.05) is 0 Å². The lowest BCUT2D eigenvalue weighted by atomic mass is 10.1. The number of halogens is 1. The Labute approximate surface area is 114 Å². The number of carbonyl (C=O) groups excluding carboxylic acids is 1. The summed E-state index contributed by atoms with van der Waals surface area (Å²) in [5.74, 6) is 0.625. The Hall–Kier alpha value is -2.13. The minimum atomic E-state index is 0.596. The molecule has 0 saturated carbocycles. The van der Waals surface area contributed by atoms with Crippen molar-refractivity contribution in [1.29, 1.82) is 0 Å². The topological polar surface area (TPSA) is 43.1 Å². The first kappa shape index (κ1) is 11.9. The number of benzene rings is 2. The summed E-state index contributed by atoms with van der Waals surface area (Å²) < 4.78 is 5.64. The Morgan fingerprint density at radius 2 is 1.95 bits per heavy atom. The van der Waals surface area contributed by atoms with Gasteiger partial charge in [-0.2, -0.15) is 0 Å². The van der Waals surface area contributed by atoms with Crippen molar-refractivity contribution in [2.45, 2.75) is 6.42 Å². The Balaban J connectivity index is 1.92. The zero-order chi connectivity index (χ0) is 13.2. The van der Waals surface area contributed by atoms with E-state index in [9.17, 15) is 4.79 Å². The van der Waals surface area contributed by atoms with Gasteiger partial charge >= 0.3 is 0 Å². The molecule has 0 saturated heterocycles. The van der Waals surface area contributed by atoms with E-state index in [1.165, 1.54) is 0 Å². The van der Waals surface area contributed by atoms with Gasteiger partial charge in [0.1, 0.15) is 11.8 Å². The Kier molecular flexibility index (Phi) is 3.05. The van der Waals surface area contributed by atoms with E-state index in [2.05, 4.69) is 4.98 Å². The molecule has 0 bridgehead atoms. The maximum atomic E-state index is 10.7. The predicted molar refractivity (Wildman–Crippen MR) is 73.7 cm³/mol. The third-order valence-electron chi connectivity index (χ3n) is 2.86. The van der Waals surface area contributed by atoms with Gasteiger partial charge in [0.2, 0.25) is 0 Å². The highest BCUT2D eigenvalue weighted by atomic mass is 35.5. The second kappa shape index (κ2) is 4.86. The van der Waals surface area contributed by atoms with E-state index < -0.39 is 0 Å². The molecular weight excluding hydrogens is 262 g/mol. The maximum absolute atomic E-state index is 10.7. The minimum Gasteiger partial charge on any atom is -0.440 e. The molecule has 3 nitrogen and oxygen atoms in total. The number of hydrogen-bond donors (Lipinski definition) is 0. The second-order valence-electron chi connectivity index (χ2n) is 4.26. The average Bonchev–Trinajstić information content (AvgIpc) is 2.82. The molecule has 0 aliphatic carbocycles. The summed E-state index contributed by atoms with van der Waals surface area (Å²) in [5, 5.41) is 0.705. The molecule has 0 amide bonds. The van der Waals surface area contributed by atoms with Gasteiger partial charge in [0.15, 0.2) is 11.5 Å². The molecule has 1 heterocycles. The van der Waals surface area contributed by atoms with Crippen LogP contribution in [0.25, 0.3) is 11.1 Å². The van der Waals surface area contributed by atoms with E-state index in [-0.39, 0.29) is 0 Å². The number of rotatable bonds is 3. The number of carbonyl (C=O) groups is 1. The van der Waals surface area contributed by atoms with E-state index in [0.29, 0.717) is 34.0 Å². The quantitative estimate of drug-likeness (QED) is 0.679. The van der Waals surface area contributed by atoms with Gasteiger partial charge in [0.25, 0.3) is 0 Å². The summed E-state index contributed by atoms with van der Waals surface area (Å²) in [6.07, 6.45) is 1.40. The molecular formula is C15H10ClNO2. The smallest absolute Gasteiger partial charge is 0.199 e. The minimum absolute atomic E-state index is 0.596. The van der Waals surface area contributed by atoms with Crippen LogP contribution >= 0.6 is 11.6 Å². The second-order valence-corrected chi connectivity index (χ2v) is 4.69. The molecule has 0 atom stereocenters. The highest BCUT2D eigenvalue weighted by Crippen LogP contribution is 2.19. The van der Waals surface area contributed by atoms with Crippen molar-refractivity contribution in [2.24, 2.45) is 0 Å². The molecule has 19 heavy (non-hydrogen) atoms. The predicted octanol–water partition coefficient (Wildman–Crippen LogP) is 3.88. The van der Waals surface area contributed by atoms with E-state index in [1.807, 2.05) is 24.3 Å². The van der Waals surface area contributed by atoms with Gasteiger partial charge in [-0.3, -0.25) is 4.79 Å². The van der Waals surface area contributed by atoms with Gasteiger partial charge in [-0.05, 0) is 35.9 Å². The summed E-state index contributed by atoms with van der Waals surface area (Å²) in [7, 11) is 0. The van der Waals surface area contributed by atoms with E-state index in [1.54, 1.807) is 18.2 Å². The SMILES string of the molecule is O=Cc1ccc2oc(Cc3ccc(Cl)cc3)nc2c1. The van der Waals surface area contributed by atoms with Crippen molar-refractivity contribution >= 4 is 29.0 Å². The van der Waals surface area contributed by atoms with Gasteiger partial charge in [0, 0.05) is 17.0 Å². The largest absolute Gasteiger partial charge is 0.440 e. The highest BCUT2D eigenvalue weighted by Gasteiger charge is 2.07. The van der Waals surface area contributed by atoms with Crippen LogP contribution in [0.4, 0.5) is 0 Å². The van der Waals surface area contributed by atoms with Crippen molar-refractivity contribution in [3.63, 3.8) is 0 Å². The van der Waals surface area contributed by atoms with Crippen molar-refractivity contribution in [3.8, 4) is 0 Å². The first-order chi connectivity index (χ1) is 9.24. The van der Waals surface area contributed by atoms with Crippen LogP contribution in [-0.2, 0) is 6.42 Å². The van der Waals surface area contributed by atoms with Gasteiger partial charge in [-0.25, -0.2) is 4.98 Å². The lowest BCUT2D eigenvalue weighted by Gasteiger charge is -1.96. The van der Waals surface area contributed by atoms with Crippen LogP contribution < -0.4 is 0 Å². The first-order valence-corrected chi connectivity index (χ1v) is 6.21. The number of aromatic nitrogens is 1. The van der Waals surface area contributed by atoms with Crippen LogP contribution in [0.3, 0.4) is 0 Å². The Morgan fingerprint density at radius 3 is 2.68 bits per heavy atom. The van der Waals surface area contributed by atoms with Crippen molar-refractivity contribution < 1.29 is 9.21 Å². The molecule has 0 aliphatic rings. The fourth-order valence-electron chi connectivity index (χ4n) is 1.92. The highest BCUT2D eigenvalue weighted by molar-refractivity contribution is 6.30. The molecule has 94 valence electrons. The van der Waals surface area contributed by atoms with E-state index >= 15 is 0 Å². The number of aldehydes is 1. The fraction of sp³-hybridized carbons (Fsp3) is 0.0667.